The Morgan fingerprint density at radius 1 is 0.958 bits per heavy atom. The summed E-state index contributed by atoms with van der Waals surface area (Å²) >= 11 is 0. The Bertz CT molecular complexity index is 783. The van der Waals surface area contributed by atoms with Crippen LogP contribution < -0.4 is 19.9 Å². The minimum Gasteiger partial charge on any atom is -0.493 e. The summed E-state index contributed by atoms with van der Waals surface area (Å²) in [7, 11) is 4.81. The molecule has 4 nitrogen and oxygen atoms in total. The molecule has 4 heteroatoms. The average Bonchev–Trinajstić information content (AvgIpc) is 2.63. The highest BCUT2D eigenvalue weighted by Crippen LogP contribution is 2.39. The van der Waals surface area contributed by atoms with Gasteiger partial charge in [0.25, 0.3) is 0 Å². The van der Waals surface area contributed by atoms with E-state index < -0.39 is 0 Å². The van der Waals surface area contributed by atoms with Gasteiger partial charge in [0.15, 0.2) is 11.5 Å². The van der Waals surface area contributed by atoms with Gasteiger partial charge in [0, 0.05) is 6.04 Å². The van der Waals surface area contributed by atoms with Crippen molar-refractivity contribution >= 4 is 17.7 Å². The number of methoxy groups -OCH3 is 3. The van der Waals surface area contributed by atoms with E-state index in [1.165, 1.54) is 0 Å². The summed E-state index contributed by atoms with van der Waals surface area (Å²) in [5.74, 6) is 1.82. The van der Waals surface area contributed by atoms with Crippen molar-refractivity contribution in [3.63, 3.8) is 0 Å². The lowest BCUT2D eigenvalue weighted by Gasteiger charge is -2.20. The van der Waals surface area contributed by atoms with Gasteiger partial charge in [-0.1, -0.05) is 36.4 Å². The normalized spacial score (nSPS) is 17.5. The third-order valence-corrected chi connectivity index (χ3v) is 4.12. The van der Waals surface area contributed by atoms with Crippen molar-refractivity contribution < 1.29 is 14.2 Å². The highest BCUT2D eigenvalue weighted by molar-refractivity contribution is 5.92. The molecule has 0 amide bonds. The molecule has 0 aromatic heterocycles. The van der Waals surface area contributed by atoms with E-state index in [0.29, 0.717) is 17.2 Å². The Morgan fingerprint density at radius 2 is 1.62 bits per heavy atom. The first-order chi connectivity index (χ1) is 11.7. The smallest absolute Gasteiger partial charge is 0.203 e. The fourth-order valence-corrected chi connectivity index (χ4v) is 2.93. The zero-order valence-corrected chi connectivity index (χ0v) is 14.1. The number of hydrogen-bond donors (Lipinski definition) is 1. The number of nitrogens with two attached hydrogens (primary N) is 1. The van der Waals surface area contributed by atoms with Crippen LogP contribution in [-0.4, -0.2) is 27.4 Å². The zero-order chi connectivity index (χ0) is 17.1. The predicted molar refractivity (Wildman–Crippen MR) is 97.4 cm³/mol. The molecule has 0 bridgehead atoms. The van der Waals surface area contributed by atoms with Crippen LogP contribution >= 0.6 is 0 Å². The topological polar surface area (TPSA) is 53.7 Å². The summed E-state index contributed by atoms with van der Waals surface area (Å²) in [5, 5.41) is 0. The first-order valence-corrected chi connectivity index (χ1v) is 7.72. The van der Waals surface area contributed by atoms with E-state index in [2.05, 4.69) is 24.3 Å². The molecule has 1 unspecified atom stereocenters. The van der Waals surface area contributed by atoms with E-state index in [4.69, 9.17) is 19.9 Å². The van der Waals surface area contributed by atoms with Crippen molar-refractivity contribution in [1.82, 2.24) is 0 Å². The number of rotatable bonds is 4. The lowest BCUT2D eigenvalue weighted by Crippen LogP contribution is -2.21. The lowest BCUT2D eigenvalue weighted by atomic mass is 9.88. The molecule has 24 heavy (non-hydrogen) atoms. The molecule has 124 valence electrons. The van der Waals surface area contributed by atoms with Crippen LogP contribution in [0.3, 0.4) is 0 Å². The van der Waals surface area contributed by atoms with E-state index in [1.807, 2.05) is 30.3 Å². The van der Waals surface area contributed by atoms with Crippen molar-refractivity contribution in [3.8, 4) is 17.2 Å². The molecule has 2 aromatic rings. The quantitative estimate of drug-likeness (QED) is 0.934. The Balaban J connectivity index is 2.13. The third kappa shape index (κ3) is 2.88. The van der Waals surface area contributed by atoms with Gasteiger partial charge in [0.2, 0.25) is 5.75 Å². The van der Waals surface area contributed by atoms with Crippen LogP contribution in [0, 0.1) is 0 Å². The van der Waals surface area contributed by atoms with E-state index in [-0.39, 0.29) is 6.04 Å². The highest BCUT2D eigenvalue weighted by Gasteiger charge is 2.18. The van der Waals surface area contributed by atoms with Gasteiger partial charge in [0.1, 0.15) is 0 Å². The molecule has 1 atom stereocenters. The van der Waals surface area contributed by atoms with Gasteiger partial charge in [-0.25, -0.2) is 0 Å². The predicted octanol–water partition coefficient (Wildman–Crippen LogP) is 3.61. The SMILES string of the molecule is COc1cc(C=C2c3ccccc3C=CC2N)cc(OC)c1OC. The Kier molecular flexibility index (Phi) is 4.58. The standard InChI is InChI=1S/C20H21NO3/c1-22-18-11-13(12-19(23-2)20(18)24-3)10-16-15-7-5-4-6-14(15)8-9-17(16)21/h4-12,17H,21H2,1-3H3. The maximum Gasteiger partial charge on any atom is 0.203 e. The molecule has 0 radical (unpaired) electrons. The van der Waals surface area contributed by atoms with Crippen LogP contribution in [-0.2, 0) is 0 Å². The number of fused-ring (bicyclic) bond motifs is 1. The molecule has 0 saturated heterocycles. The Labute approximate surface area is 142 Å². The summed E-state index contributed by atoms with van der Waals surface area (Å²) in [6.07, 6.45) is 6.14. The first kappa shape index (κ1) is 16.1. The maximum absolute atomic E-state index is 6.30. The molecule has 0 fully saturated rings. The van der Waals surface area contributed by atoms with Crippen LogP contribution in [0.2, 0.25) is 0 Å². The summed E-state index contributed by atoms with van der Waals surface area (Å²) in [6, 6.07) is 11.9. The minimum absolute atomic E-state index is 0.154. The van der Waals surface area contributed by atoms with Crippen molar-refractivity contribution in [1.29, 1.82) is 0 Å². The maximum atomic E-state index is 6.30. The summed E-state index contributed by atoms with van der Waals surface area (Å²) in [5.41, 5.74) is 10.6. The fraction of sp³-hybridized carbons (Fsp3) is 0.200. The summed E-state index contributed by atoms with van der Waals surface area (Å²) in [6.45, 7) is 0. The van der Waals surface area contributed by atoms with Crippen molar-refractivity contribution in [2.45, 2.75) is 6.04 Å². The van der Waals surface area contributed by atoms with Gasteiger partial charge in [-0.3, -0.25) is 0 Å². The zero-order valence-electron chi connectivity index (χ0n) is 14.1. The average molecular weight is 323 g/mol. The first-order valence-electron chi connectivity index (χ1n) is 7.72. The Morgan fingerprint density at radius 3 is 2.25 bits per heavy atom. The van der Waals surface area contributed by atoms with E-state index in [0.717, 1.165) is 22.3 Å². The molecule has 1 aliphatic rings. The summed E-state index contributed by atoms with van der Waals surface area (Å²) in [4.78, 5) is 0. The van der Waals surface area contributed by atoms with Crippen LogP contribution in [0.5, 0.6) is 17.2 Å². The van der Waals surface area contributed by atoms with Crippen LogP contribution in [0.15, 0.2) is 42.5 Å². The molecule has 0 spiro atoms. The fourth-order valence-electron chi connectivity index (χ4n) is 2.93. The van der Waals surface area contributed by atoms with Crippen LogP contribution in [0.4, 0.5) is 0 Å². The molecule has 1 aliphatic carbocycles. The summed E-state index contributed by atoms with van der Waals surface area (Å²) < 4.78 is 16.2. The van der Waals surface area contributed by atoms with E-state index in [1.54, 1.807) is 21.3 Å². The van der Waals surface area contributed by atoms with Gasteiger partial charge in [-0.15, -0.1) is 0 Å². The van der Waals surface area contributed by atoms with E-state index >= 15 is 0 Å². The second kappa shape index (κ2) is 6.81. The van der Waals surface area contributed by atoms with Crippen LogP contribution in [0.25, 0.3) is 17.7 Å². The van der Waals surface area contributed by atoms with Gasteiger partial charge < -0.3 is 19.9 Å². The monoisotopic (exact) mass is 323 g/mol. The van der Waals surface area contributed by atoms with Gasteiger partial charge in [-0.05, 0) is 40.5 Å². The van der Waals surface area contributed by atoms with E-state index in [9.17, 15) is 0 Å². The van der Waals surface area contributed by atoms with Crippen LogP contribution in [0.1, 0.15) is 16.7 Å². The van der Waals surface area contributed by atoms with Crippen molar-refractivity contribution in [2.24, 2.45) is 5.73 Å². The number of ether oxygens (including phenoxy) is 3. The van der Waals surface area contributed by atoms with Crippen molar-refractivity contribution in [3.05, 3.63) is 59.2 Å². The third-order valence-electron chi connectivity index (χ3n) is 4.12. The molecule has 2 aromatic carbocycles. The molecule has 0 heterocycles. The minimum atomic E-state index is -0.154. The van der Waals surface area contributed by atoms with Gasteiger partial charge >= 0.3 is 0 Å². The molecule has 3 rings (SSSR count). The molecule has 0 saturated carbocycles. The molecular weight excluding hydrogens is 302 g/mol. The second-order valence-corrected chi connectivity index (χ2v) is 5.53. The van der Waals surface area contributed by atoms with Crippen molar-refractivity contribution in [2.75, 3.05) is 21.3 Å². The lowest BCUT2D eigenvalue weighted by molar-refractivity contribution is 0.324. The molecule has 2 N–H and O–H groups in total. The molecular formula is C20H21NO3. The largest absolute Gasteiger partial charge is 0.493 e. The molecule has 0 aliphatic heterocycles. The number of benzene rings is 2. The Hall–Kier alpha value is -2.72. The van der Waals surface area contributed by atoms with Gasteiger partial charge in [-0.2, -0.15) is 0 Å². The highest BCUT2D eigenvalue weighted by atomic mass is 16.5. The number of hydrogen-bond acceptors (Lipinski definition) is 4. The van der Waals surface area contributed by atoms with Gasteiger partial charge in [0.05, 0.1) is 21.3 Å². The second-order valence-electron chi connectivity index (χ2n) is 5.53.